The first-order valence-electron chi connectivity index (χ1n) is 11.1. The Bertz CT molecular complexity index is 1790. The second-order valence-corrected chi connectivity index (χ2v) is 8.69. The van der Waals surface area contributed by atoms with E-state index in [0.29, 0.717) is 47.1 Å². The third-order valence-electron chi connectivity index (χ3n) is 6.46. The molecule has 3 heterocycles. The van der Waals surface area contributed by atoms with E-state index < -0.39 is 0 Å². The van der Waals surface area contributed by atoms with E-state index in [0.717, 1.165) is 27.9 Å². The summed E-state index contributed by atoms with van der Waals surface area (Å²) < 4.78 is 7.64. The van der Waals surface area contributed by atoms with Crippen molar-refractivity contribution in [1.82, 2.24) is 9.55 Å². The summed E-state index contributed by atoms with van der Waals surface area (Å²) in [6.45, 7) is 2.25. The molecule has 0 saturated heterocycles. The topological polar surface area (TPSA) is 88.9 Å². The SMILES string of the molecule is Cc1ccc2oc3nc4c(cc3c(=O)c2c1)-c1c(cc(C#N)c(=O)n1Cc1ccccc1)CC4. The molecule has 5 aromatic rings. The first-order valence-corrected chi connectivity index (χ1v) is 11.1. The molecule has 0 spiro atoms. The lowest BCUT2D eigenvalue weighted by atomic mass is 9.90. The van der Waals surface area contributed by atoms with Crippen LogP contribution in [-0.4, -0.2) is 9.55 Å². The predicted molar refractivity (Wildman–Crippen MR) is 130 cm³/mol. The number of nitrogens with zero attached hydrogens (tertiary/aromatic N) is 3. The van der Waals surface area contributed by atoms with Crippen LogP contribution < -0.4 is 11.0 Å². The molecule has 0 N–H and O–H groups in total. The zero-order valence-corrected chi connectivity index (χ0v) is 18.5. The van der Waals surface area contributed by atoms with Crippen molar-refractivity contribution in [2.24, 2.45) is 0 Å². The van der Waals surface area contributed by atoms with Gasteiger partial charge in [0, 0.05) is 5.56 Å². The second-order valence-electron chi connectivity index (χ2n) is 8.69. The molecule has 0 amide bonds. The van der Waals surface area contributed by atoms with Crippen LogP contribution in [0.5, 0.6) is 0 Å². The Balaban J connectivity index is 1.66. The number of rotatable bonds is 2. The minimum absolute atomic E-state index is 0.118. The number of fused-ring (bicyclic) bond motifs is 5. The number of benzene rings is 2. The van der Waals surface area contributed by atoms with Gasteiger partial charge in [-0.1, -0.05) is 42.0 Å². The molecule has 0 saturated carbocycles. The van der Waals surface area contributed by atoms with E-state index in [1.54, 1.807) is 22.8 Å². The van der Waals surface area contributed by atoms with E-state index in [1.165, 1.54) is 0 Å². The van der Waals surface area contributed by atoms with Crippen molar-refractivity contribution in [2.75, 3.05) is 0 Å². The van der Waals surface area contributed by atoms with Crippen LogP contribution in [0.2, 0.25) is 0 Å². The number of hydrogen-bond acceptors (Lipinski definition) is 5. The number of aryl methyl sites for hydroxylation is 3. The molecule has 3 aromatic heterocycles. The first kappa shape index (κ1) is 20.1. The Labute approximate surface area is 194 Å². The molecular weight excluding hydrogens is 426 g/mol. The smallest absolute Gasteiger partial charge is 0.269 e. The highest BCUT2D eigenvalue weighted by atomic mass is 16.3. The highest BCUT2D eigenvalue weighted by Gasteiger charge is 2.25. The molecule has 0 atom stereocenters. The van der Waals surface area contributed by atoms with Gasteiger partial charge >= 0.3 is 0 Å². The van der Waals surface area contributed by atoms with E-state index in [4.69, 9.17) is 9.40 Å². The molecule has 34 heavy (non-hydrogen) atoms. The molecule has 0 bridgehead atoms. The lowest BCUT2D eigenvalue weighted by Crippen LogP contribution is -2.28. The molecule has 0 unspecified atom stereocenters. The van der Waals surface area contributed by atoms with Crippen LogP contribution in [-0.2, 0) is 19.4 Å². The average Bonchev–Trinajstić information content (AvgIpc) is 2.85. The van der Waals surface area contributed by atoms with Crippen LogP contribution in [0.4, 0.5) is 0 Å². The van der Waals surface area contributed by atoms with Crippen molar-refractivity contribution in [3.05, 3.63) is 109 Å². The normalized spacial score (nSPS) is 12.4. The predicted octanol–water partition coefficient (Wildman–Crippen LogP) is 4.50. The van der Waals surface area contributed by atoms with Crippen LogP contribution in [0.25, 0.3) is 33.3 Å². The monoisotopic (exact) mass is 445 g/mol. The van der Waals surface area contributed by atoms with E-state index in [1.807, 2.05) is 55.5 Å². The maximum absolute atomic E-state index is 13.4. The Morgan fingerprint density at radius 2 is 1.85 bits per heavy atom. The van der Waals surface area contributed by atoms with Gasteiger partial charge in [0.1, 0.15) is 17.2 Å². The van der Waals surface area contributed by atoms with Crippen molar-refractivity contribution in [3.8, 4) is 17.3 Å². The molecule has 2 aromatic carbocycles. The molecule has 6 rings (SSSR count). The van der Waals surface area contributed by atoms with Crippen molar-refractivity contribution in [3.63, 3.8) is 0 Å². The van der Waals surface area contributed by atoms with Gasteiger partial charge in [0.25, 0.3) is 5.56 Å². The van der Waals surface area contributed by atoms with Gasteiger partial charge in [0.05, 0.1) is 28.7 Å². The Hall–Kier alpha value is -4.50. The fourth-order valence-electron chi connectivity index (χ4n) is 4.81. The molecule has 6 nitrogen and oxygen atoms in total. The van der Waals surface area contributed by atoms with Gasteiger partial charge in [-0.05, 0) is 55.2 Å². The number of aromatic nitrogens is 2. The largest absolute Gasteiger partial charge is 0.437 e. The molecule has 1 aliphatic rings. The Morgan fingerprint density at radius 1 is 1.03 bits per heavy atom. The van der Waals surface area contributed by atoms with Gasteiger partial charge < -0.3 is 8.98 Å². The minimum atomic E-state index is -0.348. The fourth-order valence-corrected chi connectivity index (χ4v) is 4.81. The summed E-state index contributed by atoms with van der Waals surface area (Å²) in [6.07, 6.45) is 1.27. The van der Waals surface area contributed by atoms with Gasteiger partial charge in [0.2, 0.25) is 11.1 Å². The van der Waals surface area contributed by atoms with Crippen molar-refractivity contribution < 1.29 is 4.42 Å². The van der Waals surface area contributed by atoms with E-state index in [2.05, 4.69) is 0 Å². The maximum Gasteiger partial charge on any atom is 0.269 e. The summed E-state index contributed by atoms with van der Waals surface area (Å²) >= 11 is 0. The van der Waals surface area contributed by atoms with Gasteiger partial charge in [-0.2, -0.15) is 5.26 Å². The molecule has 164 valence electrons. The van der Waals surface area contributed by atoms with E-state index in [9.17, 15) is 14.9 Å². The number of pyridine rings is 2. The average molecular weight is 445 g/mol. The zero-order chi connectivity index (χ0) is 23.4. The van der Waals surface area contributed by atoms with Crippen LogP contribution in [0.1, 0.15) is 27.9 Å². The molecule has 6 heteroatoms. The number of hydrogen-bond donors (Lipinski definition) is 0. The molecule has 0 fully saturated rings. The Kier molecular flexibility index (Phi) is 4.46. The van der Waals surface area contributed by atoms with Crippen molar-refractivity contribution in [2.45, 2.75) is 26.3 Å². The lowest BCUT2D eigenvalue weighted by Gasteiger charge is -2.24. The van der Waals surface area contributed by atoms with E-state index >= 15 is 0 Å². The zero-order valence-electron chi connectivity index (χ0n) is 18.5. The third kappa shape index (κ3) is 3.06. The summed E-state index contributed by atoms with van der Waals surface area (Å²) in [5.74, 6) is 0. The van der Waals surface area contributed by atoms with Gasteiger partial charge in [-0.15, -0.1) is 0 Å². The van der Waals surface area contributed by atoms with Crippen LogP contribution in [0, 0.1) is 18.3 Å². The summed E-state index contributed by atoms with van der Waals surface area (Å²) in [4.78, 5) is 31.4. The maximum atomic E-state index is 13.4. The molecular formula is C28H19N3O3. The fraction of sp³-hybridized carbons (Fsp3) is 0.143. The first-order chi connectivity index (χ1) is 16.5. The lowest BCUT2D eigenvalue weighted by molar-refractivity contribution is 0.640. The summed E-state index contributed by atoms with van der Waals surface area (Å²) in [7, 11) is 0. The summed E-state index contributed by atoms with van der Waals surface area (Å²) in [5, 5.41) is 10.5. The van der Waals surface area contributed by atoms with Crippen molar-refractivity contribution in [1.29, 1.82) is 5.26 Å². The minimum Gasteiger partial charge on any atom is -0.437 e. The molecule has 0 radical (unpaired) electrons. The van der Waals surface area contributed by atoms with E-state index in [-0.39, 0.29) is 16.6 Å². The van der Waals surface area contributed by atoms with Gasteiger partial charge in [-0.25, -0.2) is 4.98 Å². The molecule has 0 aliphatic heterocycles. The second kappa shape index (κ2) is 7.53. The quantitative estimate of drug-likeness (QED) is 0.373. The highest BCUT2D eigenvalue weighted by Crippen LogP contribution is 2.34. The summed E-state index contributed by atoms with van der Waals surface area (Å²) in [5.41, 5.74) is 5.49. The third-order valence-corrected chi connectivity index (χ3v) is 6.46. The van der Waals surface area contributed by atoms with Gasteiger partial charge in [0.15, 0.2) is 0 Å². The standard InChI is InChI=1S/C28H19N3O3/c1-16-7-10-24-21(11-16)26(32)22-13-20-23(30-27(22)34-24)9-8-18-12-19(14-29)28(33)31(25(18)20)15-17-5-3-2-4-6-17/h2-7,10-13H,8-9,15H2,1H3. The van der Waals surface area contributed by atoms with Crippen LogP contribution in [0.3, 0.4) is 0 Å². The summed E-state index contributed by atoms with van der Waals surface area (Å²) in [6, 6.07) is 20.7. The number of nitriles is 1. The highest BCUT2D eigenvalue weighted by molar-refractivity contribution is 5.91. The Morgan fingerprint density at radius 3 is 2.65 bits per heavy atom. The van der Waals surface area contributed by atoms with Crippen LogP contribution >= 0.6 is 0 Å². The molecule has 1 aliphatic carbocycles. The van der Waals surface area contributed by atoms with Gasteiger partial charge in [-0.3, -0.25) is 9.59 Å². The van der Waals surface area contributed by atoms with Crippen molar-refractivity contribution >= 4 is 22.1 Å². The van der Waals surface area contributed by atoms with Crippen LogP contribution in [0.15, 0.2) is 74.7 Å².